The van der Waals surface area contributed by atoms with Gasteiger partial charge in [-0.3, -0.25) is 9.79 Å². The molecule has 1 aliphatic rings. The van der Waals surface area contributed by atoms with Crippen molar-refractivity contribution >= 4 is 11.6 Å². The second-order valence-corrected chi connectivity index (χ2v) is 4.36. The number of carbonyl (C=O) groups is 1. The average Bonchev–Trinajstić information content (AvgIpc) is 2.74. The van der Waals surface area contributed by atoms with Crippen molar-refractivity contribution in [2.75, 3.05) is 13.6 Å². The predicted molar refractivity (Wildman–Crippen MR) is 63.2 cm³/mol. The van der Waals surface area contributed by atoms with Crippen molar-refractivity contribution in [2.45, 2.75) is 46.1 Å². The summed E-state index contributed by atoms with van der Waals surface area (Å²) in [5.74, 6) is 0.443. The van der Waals surface area contributed by atoms with Gasteiger partial charge in [-0.1, -0.05) is 13.8 Å². The van der Waals surface area contributed by atoms with Crippen LogP contribution in [-0.2, 0) is 4.79 Å². The summed E-state index contributed by atoms with van der Waals surface area (Å²) in [6.45, 7) is 7.00. The third kappa shape index (κ3) is 2.58. The Kier molecular flexibility index (Phi) is 4.30. The number of amides is 1. The lowest BCUT2D eigenvalue weighted by Crippen LogP contribution is -2.42. The van der Waals surface area contributed by atoms with E-state index >= 15 is 0 Å². The molecule has 1 amide bonds. The molecule has 0 radical (unpaired) electrons. The number of hydrogen-bond acceptors (Lipinski definition) is 2. The molecule has 3 heteroatoms. The fraction of sp³-hybridized carbons (Fsp3) is 0.833. The normalized spacial score (nSPS) is 24.4. The molecule has 0 spiro atoms. The van der Waals surface area contributed by atoms with Crippen LogP contribution in [-0.4, -0.2) is 36.2 Å². The maximum absolute atomic E-state index is 12.1. The molecule has 1 saturated heterocycles. The van der Waals surface area contributed by atoms with E-state index < -0.39 is 0 Å². The van der Waals surface area contributed by atoms with E-state index in [0.29, 0.717) is 5.91 Å². The van der Waals surface area contributed by atoms with Crippen LogP contribution in [0.3, 0.4) is 0 Å². The zero-order chi connectivity index (χ0) is 11.4. The Morgan fingerprint density at radius 3 is 2.80 bits per heavy atom. The lowest BCUT2D eigenvalue weighted by atomic mass is 10.1. The van der Waals surface area contributed by atoms with E-state index in [1.54, 1.807) is 7.05 Å². The Balaban J connectivity index is 2.72. The number of likely N-dealkylation sites (tertiary alicyclic amines) is 1. The number of rotatable bonds is 3. The van der Waals surface area contributed by atoms with Crippen molar-refractivity contribution in [3.8, 4) is 0 Å². The highest BCUT2D eigenvalue weighted by molar-refractivity contribution is 5.92. The molecule has 1 fully saturated rings. The van der Waals surface area contributed by atoms with E-state index in [1.165, 1.54) is 0 Å². The maximum atomic E-state index is 12.1. The molecular weight excluding hydrogens is 188 g/mol. The summed E-state index contributed by atoms with van der Waals surface area (Å²) in [6.07, 6.45) is 3.11. The van der Waals surface area contributed by atoms with Crippen molar-refractivity contribution in [2.24, 2.45) is 10.9 Å². The lowest BCUT2D eigenvalue weighted by molar-refractivity contribution is -0.134. The van der Waals surface area contributed by atoms with Crippen LogP contribution in [0, 0.1) is 5.92 Å². The van der Waals surface area contributed by atoms with Crippen LogP contribution in [0.15, 0.2) is 4.99 Å². The Morgan fingerprint density at radius 1 is 1.60 bits per heavy atom. The summed E-state index contributed by atoms with van der Waals surface area (Å²) in [7, 11) is 1.81. The largest absolute Gasteiger partial charge is 0.334 e. The van der Waals surface area contributed by atoms with Crippen molar-refractivity contribution in [1.82, 2.24) is 4.90 Å². The van der Waals surface area contributed by atoms with Gasteiger partial charge < -0.3 is 4.90 Å². The van der Waals surface area contributed by atoms with Crippen LogP contribution in [0.2, 0.25) is 0 Å². The molecule has 0 saturated carbocycles. The first kappa shape index (κ1) is 12.2. The zero-order valence-electron chi connectivity index (χ0n) is 10.3. The molecule has 0 aromatic heterocycles. The van der Waals surface area contributed by atoms with Gasteiger partial charge in [0.1, 0.15) is 0 Å². The van der Waals surface area contributed by atoms with Gasteiger partial charge >= 0.3 is 0 Å². The van der Waals surface area contributed by atoms with E-state index in [1.807, 2.05) is 18.7 Å². The van der Waals surface area contributed by atoms with Crippen molar-refractivity contribution in [3.63, 3.8) is 0 Å². The summed E-state index contributed by atoms with van der Waals surface area (Å²) in [5.41, 5.74) is 1.09. The number of hydrogen-bond donors (Lipinski definition) is 0. The van der Waals surface area contributed by atoms with E-state index in [9.17, 15) is 4.79 Å². The quantitative estimate of drug-likeness (QED) is 0.657. The molecule has 1 rings (SSSR count). The third-order valence-electron chi connectivity index (χ3n) is 3.40. The molecule has 0 aromatic rings. The van der Waals surface area contributed by atoms with Crippen LogP contribution in [0.1, 0.15) is 40.0 Å². The molecule has 1 heterocycles. The first-order valence-electron chi connectivity index (χ1n) is 5.85. The Bertz CT molecular complexity index is 260. The molecule has 0 N–H and O–H groups in total. The van der Waals surface area contributed by atoms with Crippen molar-refractivity contribution in [3.05, 3.63) is 0 Å². The smallest absolute Gasteiger partial charge is 0.225 e. The molecule has 86 valence electrons. The molecule has 2 atom stereocenters. The first-order valence-corrected chi connectivity index (χ1v) is 5.85. The average molecular weight is 210 g/mol. The van der Waals surface area contributed by atoms with Gasteiger partial charge in [0.25, 0.3) is 0 Å². The van der Waals surface area contributed by atoms with Crippen LogP contribution < -0.4 is 0 Å². The van der Waals surface area contributed by atoms with Gasteiger partial charge in [0, 0.05) is 25.2 Å². The molecule has 15 heavy (non-hydrogen) atoms. The second-order valence-electron chi connectivity index (χ2n) is 4.36. The standard InChI is InChI=1S/C12H22N2O/c1-5-9(2)12(15)14-8-6-7-11(14)10(3)13-4/h9,11H,5-8H2,1-4H3. The van der Waals surface area contributed by atoms with E-state index in [4.69, 9.17) is 0 Å². The number of nitrogens with zero attached hydrogens (tertiary/aromatic N) is 2. The fourth-order valence-electron chi connectivity index (χ4n) is 2.07. The molecule has 3 nitrogen and oxygen atoms in total. The van der Waals surface area contributed by atoms with Crippen molar-refractivity contribution < 1.29 is 4.79 Å². The predicted octanol–water partition coefficient (Wildman–Crippen LogP) is 2.11. The van der Waals surface area contributed by atoms with Gasteiger partial charge in [0.2, 0.25) is 5.91 Å². The van der Waals surface area contributed by atoms with E-state index in [2.05, 4.69) is 11.9 Å². The Hall–Kier alpha value is -0.860. The van der Waals surface area contributed by atoms with Crippen LogP contribution >= 0.6 is 0 Å². The second kappa shape index (κ2) is 5.29. The van der Waals surface area contributed by atoms with Gasteiger partial charge in [0.15, 0.2) is 0 Å². The topological polar surface area (TPSA) is 32.7 Å². The molecule has 0 bridgehead atoms. The summed E-state index contributed by atoms with van der Waals surface area (Å²) < 4.78 is 0. The fourth-order valence-corrected chi connectivity index (χ4v) is 2.07. The highest BCUT2D eigenvalue weighted by atomic mass is 16.2. The third-order valence-corrected chi connectivity index (χ3v) is 3.40. The van der Waals surface area contributed by atoms with Gasteiger partial charge in [-0.2, -0.15) is 0 Å². The van der Waals surface area contributed by atoms with Gasteiger partial charge in [-0.15, -0.1) is 0 Å². The molecule has 2 unspecified atom stereocenters. The molecule has 0 aromatic carbocycles. The Labute approximate surface area is 92.6 Å². The van der Waals surface area contributed by atoms with Crippen LogP contribution in [0.4, 0.5) is 0 Å². The van der Waals surface area contributed by atoms with Gasteiger partial charge in [-0.25, -0.2) is 0 Å². The highest BCUT2D eigenvalue weighted by Crippen LogP contribution is 2.21. The minimum atomic E-state index is 0.148. The molecular formula is C12H22N2O. The number of carbonyl (C=O) groups excluding carboxylic acids is 1. The first-order chi connectivity index (χ1) is 7.11. The van der Waals surface area contributed by atoms with Crippen LogP contribution in [0.5, 0.6) is 0 Å². The summed E-state index contributed by atoms with van der Waals surface area (Å²) in [5, 5.41) is 0. The summed E-state index contributed by atoms with van der Waals surface area (Å²) >= 11 is 0. The highest BCUT2D eigenvalue weighted by Gasteiger charge is 2.31. The zero-order valence-corrected chi connectivity index (χ0v) is 10.3. The minimum Gasteiger partial charge on any atom is -0.334 e. The van der Waals surface area contributed by atoms with E-state index in [-0.39, 0.29) is 12.0 Å². The van der Waals surface area contributed by atoms with Gasteiger partial charge in [0.05, 0.1) is 6.04 Å². The monoisotopic (exact) mass is 210 g/mol. The maximum Gasteiger partial charge on any atom is 0.225 e. The lowest BCUT2D eigenvalue weighted by Gasteiger charge is -2.27. The summed E-state index contributed by atoms with van der Waals surface area (Å²) in [4.78, 5) is 18.3. The van der Waals surface area contributed by atoms with Crippen molar-refractivity contribution in [1.29, 1.82) is 0 Å². The van der Waals surface area contributed by atoms with E-state index in [0.717, 1.165) is 31.5 Å². The summed E-state index contributed by atoms with van der Waals surface area (Å²) in [6, 6.07) is 0.261. The Morgan fingerprint density at radius 2 is 2.27 bits per heavy atom. The molecule has 0 aliphatic carbocycles. The molecule has 1 aliphatic heterocycles. The van der Waals surface area contributed by atoms with Crippen LogP contribution in [0.25, 0.3) is 0 Å². The SMILES string of the molecule is CCC(C)C(=O)N1CCCC1C(C)=NC. The number of aliphatic imine (C=N–C) groups is 1. The van der Waals surface area contributed by atoms with Gasteiger partial charge in [-0.05, 0) is 26.2 Å². The minimum absolute atomic E-state index is 0.148.